The zero-order valence-electron chi connectivity index (χ0n) is 17.4. The molecule has 0 radical (unpaired) electrons. The molecule has 5 heteroatoms. The summed E-state index contributed by atoms with van der Waals surface area (Å²) < 4.78 is 0.880. The molecule has 0 aromatic heterocycles. The van der Waals surface area contributed by atoms with Crippen LogP contribution in [0.15, 0.2) is 46.8 Å². The van der Waals surface area contributed by atoms with Gasteiger partial charge >= 0.3 is 166 Å². The van der Waals surface area contributed by atoms with Gasteiger partial charge in [-0.3, -0.25) is 0 Å². The topological polar surface area (TPSA) is 0 Å². The normalized spacial score (nSPS) is 34.4. The average Bonchev–Trinajstić information content (AvgIpc) is 3.17. The Bertz CT molecular complexity index is 630. The number of rotatable bonds is 6. The van der Waals surface area contributed by atoms with Crippen LogP contribution in [0.1, 0.15) is 39.5 Å². The van der Waals surface area contributed by atoms with Gasteiger partial charge in [-0.2, -0.15) is 0 Å². The van der Waals surface area contributed by atoms with Gasteiger partial charge in [0.15, 0.2) is 0 Å². The van der Waals surface area contributed by atoms with Gasteiger partial charge in [0.2, 0.25) is 0 Å². The minimum Gasteiger partial charge on any atom is -1.00 e. The average molecular weight is 473 g/mol. The van der Waals surface area contributed by atoms with Crippen LogP contribution in [0.2, 0.25) is 44.7 Å². The summed E-state index contributed by atoms with van der Waals surface area (Å²) in [5.41, 5.74) is 0. The SMILES string of the molecule is CC[C]1([Ti+2][C]2(CC)C=CC([Si]3(C)CCC3)=C2)C=CC([Si]2(C)CCC2)=C1.[Cl-].[Cl-]. The third-order valence-corrected chi connectivity index (χ3v) is 20.7. The van der Waals surface area contributed by atoms with Gasteiger partial charge in [-0.05, 0) is 0 Å². The van der Waals surface area contributed by atoms with E-state index in [4.69, 9.17) is 0 Å². The van der Waals surface area contributed by atoms with E-state index >= 15 is 0 Å². The molecule has 0 bridgehead atoms. The van der Waals surface area contributed by atoms with Crippen molar-refractivity contribution < 1.29 is 44.0 Å². The van der Waals surface area contributed by atoms with E-state index in [9.17, 15) is 0 Å². The Morgan fingerprint density at radius 2 is 1.15 bits per heavy atom. The number of halogens is 2. The van der Waals surface area contributed by atoms with Crippen LogP contribution >= 0.6 is 0 Å². The summed E-state index contributed by atoms with van der Waals surface area (Å²) in [6.45, 7) is 10.1. The molecule has 0 nitrogen and oxygen atoms in total. The van der Waals surface area contributed by atoms with Crippen LogP contribution < -0.4 is 24.8 Å². The first-order chi connectivity index (χ1) is 11.9. The molecule has 2 aliphatic heterocycles. The van der Waals surface area contributed by atoms with Crippen LogP contribution in [-0.4, -0.2) is 16.1 Å². The monoisotopic (exact) mass is 472 g/mol. The molecule has 0 spiro atoms. The van der Waals surface area contributed by atoms with E-state index in [0.29, 0.717) is 7.44 Å². The summed E-state index contributed by atoms with van der Waals surface area (Å²) in [6.07, 6.45) is 21.6. The summed E-state index contributed by atoms with van der Waals surface area (Å²) in [6, 6.07) is 6.15. The molecule has 0 amide bonds. The quantitative estimate of drug-likeness (QED) is 0.510. The predicted octanol–water partition coefficient (Wildman–Crippen LogP) is 1.25. The predicted molar refractivity (Wildman–Crippen MR) is 112 cm³/mol. The van der Waals surface area contributed by atoms with E-state index in [1.807, 2.05) is 10.4 Å². The summed E-state index contributed by atoms with van der Waals surface area (Å²) in [5, 5.41) is 3.62. The molecule has 0 aromatic carbocycles. The maximum atomic E-state index is 2.79. The minimum absolute atomic E-state index is 0. The van der Waals surface area contributed by atoms with Crippen molar-refractivity contribution >= 4 is 16.1 Å². The molecule has 148 valence electrons. The van der Waals surface area contributed by atoms with Gasteiger partial charge in [0.25, 0.3) is 0 Å². The van der Waals surface area contributed by atoms with Crippen molar-refractivity contribution in [2.24, 2.45) is 0 Å². The fraction of sp³-hybridized carbons (Fsp3) is 0.636. The fourth-order valence-electron chi connectivity index (χ4n) is 5.17. The van der Waals surface area contributed by atoms with E-state index in [0.717, 1.165) is 0 Å². The second kappa shape index (κ2) is 8.44. The molecule has 27 heavy (non-hydrogen) atoms. The van der Waals surface area contributed by atoms with Crippen molar-refractivity contribution in [3.63, 3.8) is 0 Å². The summed E-state index contributed by atoms with van der Waals surface area (Å²) >= 11 is -0.121. The van der Waals surface area contributed by atoms with Crippen molar-refractivity contribution in [1.29, 1.82) is 0 Å². The van der Waals surface area contributed by atoms with E-state index in [1.165, 1.54) is 49.9 Å². The second-order valence-corrected chi connectivity index (χ2v) is 22.3. The first-order valence-electron chi connectivity index (χ1n) is 10.5. The van der Waals surface area contributed by atoms with Crippen molar-refractivity contribution in [3.05, 3.63) is 46.8 Å². The third kappa shape index (κ3) is 4.14. The number of hydrogen-bond donors (Lipinski definition) is 0. The van der Waals surface area contributed by atoms with Crippen LogP contribution in [0.5, 0.6) is 0 Å². The van der Waals surface area contributed by atoms with Crippen molar-refractivity contribution in [3.8, 4) is 0 Å². The Morgan fingerprint density at radius 3 is 1.41 bits per heavy atom. The first-order valence-corrected chi connectivity index (χ1v) is 17.9. The summed E-state index contributed by atoms with van der Waals surface area (Å²) in [4.78, 5) is 0. The molecule has 2 unspecified atom stereocenters. The zero-order valence-corrected chi connectivity index (χ0v) is 22.5. The molecule has 0 saturated carbocycles. The molecular formula is C22H34Cl2Si2Ti. The van der Waals surface area contributed by atoms with Gasteiger partial charge in [-0.1, -0.05) is 0 Å². The molecule has 2 fully saturated rings. The molecule has 2 atom stereocenters. The van der Waals surface area contributed by atoms with Crippen LogP contribution in [0.25, 0.3) is 0 Å². The van der Waals surface area contributed by atoms with Gasteiger partial charge in [0.05, 0.1) is 0 Å². The Morgan fingerprint density at radius 1 is 0.778 bits per heavy atom. The maximum absolute atomic E-state index is 2.79. The first kappa shape index (κ1) is 24.0. The van der Waals surface area contributed by atoms with Gasteiger partial charge in [0, 0.05) is 0 Å². The molecule has 4 rings (SSSR count). The largest absolute Gasteiger partial charge is 1.00 e. The minimum atomic E-state index is -1.03. The molecular weight excluding hydrogens is 439 g/mol. The molecule has 4 aliphatic rings. The maximum Gasteiger partial charge on any atom is -1.00 e. The smallest absolute Gasteiger partial charge is 1.00 e. The zero-order chi connectivity index (χ0) is 17.8. The van der Waals surface area contributed by atoms with Crippen molar-refractivity contribution in [1.82, 2.24) is 0 Å². The van der Waals surface area contributed by atoms with E-state index in [-0.39, 0.29) is 44.0 Å². The van der Waals surface area contributed by atoms with Crippen LogP contribution in [0.3, 0.4) is 0 Å². The summed E-state index contributed by atoms with van der Waals surface area (Å²) in [5.74, 6) is 0. The molecule has 0 N–H and O–H groups in total. The molecule has 2 aliphatic carbocycles. The fourth-order valence-corrected chi connectivity index (χ4v) is 14.9. The van der Waals surface area contributed by atoms with Crippen LogP contribution in [-0.2, 0) is 19.2 Å². The standard InChI is InChI=1S/2C11H17Si.2ClH.Ti/c2*1-3-10-5-6-11(9-10)12(2)7-4-8-12;;;/h2*5-6,9H,3-4,7-8H2,1-2H3;2*1H;/q;;;;+2/p-2. The van der Waals surface area contributed by atoms with Gasteiger partial charge in [-0.15, -0.1) is 0 Å². The van der Waals surface area contributed by atoms with E-state index < -0.39 is 16.1 Å². The second-order valence-electron chi connectivity index (χ2n) is 9.61. The molecule has 2 saturated heterocycles. The van der Waals surface area contributed by atoms with Crippen molar-refractivity contribution in [2.75, 3.05) is 0 Å². The summed E-state index contributed by atoms with van der Waals surface area (Å²) in [7, 11) is -2.06. The van der Waals surface area contributed by atoms with Crippen molar-refractivity contribution in [2.45, 2.75) is 84.2 Å². The molecule has 0 aromatic rings. The number of allylic oxidation sites excluding steroid dienone is 8. The Balaban J connectivity index is 0.00000131. The van der Waals surface area contributed by atoms with Gasteiger partial charge < -0.3 is 24.8 Å². The molecule has 2 heterocycles. The Labute approximate surface area is 190 Å². The number of hydrogen-bond acceptors (Lipinski definition) is 0. The Hall–Kier alpha value is 0.688. The van der Waals surface area contributed by atoms with Gasteiger partial charge in [0.1, 0.15) is 0 Å². The van der Waals surface area contributed by atoms with E-state index in [2.05, 4.69) is 63.4 Å². The Kier molecular flexibility index (Phi) is 7.49. The van der Waals surface area contributed by atoms with E-state index in [1.54, 1.807) is 0 Å². The van der Waals surface area contributed by atoms with Crippen LogP contribution in [0, 0.1) is 0 Å². The van der Waals surface area contributed by atoms with Gasteiger partial charge in [-0.25, -0.2) is 0 Å². The van der Waals surface area contributed by atoms with Crippen LogP contribution in [0.4, 0.5) is 0 Å². The third-order valence-electron chi connectivity index (χ3n) is 7.89.